The fourth-order valence-corrected chi connectivity index (χ4v) is 3.42. The van der Waals surface area contributed by atoms with E-state index in [1.54, 1.807) is 16.6 Å². The summed E-state index contributed by atoms with van der Waals surface area (Å²) in [6, 6.07) is 8.21. The summed E-state index contributed by atoms with van der Waals surface area (Å²) < 4.78 is 16.7. The average molecular weight is 356 g/mol. The Balaban J connectivity index is 1.81. The standard InChI is InChI=1S/C17H17FN6S/c1-17(2,3)13-9-12(23(4)21-13)15-22-24-14(19-20-16(24)25-15)10-5-7-11(18)8-6-10/h5-9H,1-4H3. The van der Waals surface area contributed by atoms with E-state index in [2.05, 4.69) is 47.2 Å². The van der Waals surface area contributed by atoms with E-state index >= 15 is 0 Å². The number of fused-ring (bicyclic) bond motifs is 1. The van der Waals surface area contributed by atoms with Crippen LogP contribution in [0.1, 0.15) is 26.5 Å². The van der Waals surface area contributed by atoms with Crippen LogP contribution in [-0.2, 0) is 12.5 Å². The Morgan fingerprint density at radius 2 is 1.76 bits per heavy atom. The van der Waals surface area contributed by atoms with Crippen LogP contribution >= 0.6 is 11.3 Å². The van der Waals surface area contributed by atoms with Gasteiger partial charge in [-0.05, 0) is 30.3 Å². The van der Waals surface area contributed by atoms with Crippen molar-refractivity contribution in [3.05, 3.63) is 41.8 Å². The fraction of sp³-hybridized carbons (Fsp3) is 0.294. The Bertz CT molecular complexity index is 1050. The van der Waals surface area contributed by atoms with Crippen LogP contribution in [0.3, 0.4) is 0 Å². The van der Waals surface area contributed by atoms with Gasteiger partial charge in [0, 0.05) is 18.0 Å². The molecular weight excluding hydrogens is 339 g/mol. The van der Waals surface area contributed by atoms with Crippen molar-refractivity contribution in [3.8, 4) is 22.1 Å². The van der Waals surface area contributed by atoms with Gasteiger partial charge in [-0.3, -0.25) is 4.68 Å². The number of aromatic nitrogens is 6. The normalized spacial score (nSPS) is 12.2. The Morgan fingerprint density at radius 3 is 2.40 bits per heavy atom. The first-order valence-corrected chi connectivity index (χ1v) is 8.67. The van der Waals surface area contributed by atoms with Crippen molar-refractivity contribution in [2.24, 2.45) is 7.05 Å². The lowest BCUT2D eigenvalue weighted by Gasteiger charge is -2.13. The molecule has 0 atom stereocenters. The molecule has 3 aromatic heterocycles. The molecule has 6 nitrogen and oxygen atoms in total. The van der Waals surface area contributed by atoms with E-state index < -0.39 is 0 Å². The molecule has 8 heteroatoms. The number of rotatable bonds is 2. The molecule has 128 valence electrons. The molecule has 0 saturated heterocycles. The summed E-state index contributed by atoms with van der Waals surface area (Å²) in [7, 11) is 1.91. The van der Waals surface area contributed by atoms with E-state index in [-0.39, 0.29) is 11.2 Å². The van der Waals surface area contributed by atoms with Gasteiger partial charge in [-0.25, -0.2) is 4.39 Å². The molecule has 4 aromatic rings. The first kappa shape index (κ1) is 15.9. The molecule has 0 bridgehead atoms. The van der Waals surface area contributed by atoms with E-state index in [1.807, 2.05) is 11.7 Å². The van der Waals surface area contributed by atoms with Gasteiger partial charge in [0.2, 0.25) is 4.96 Å². The lowest BCUT2D eigenvalue weighted by molar-refractivity contribution is 0.553. The summed E-state index contributed by atoms with van der Waals surface area (Å²) in [5, 5.41) is 18.4. The number of benzene rings is 1. The van der Waals surface area contributed by atoms with Crippen LogP contribution in [0, 0.1) is 5.82 Å². The quantitative estimate of drug-likeness (QED) is 0.550. The zero-order valence-corrected chi connectivity index (χ0v) is 15.2. The highest BCUT2D eigenvalue weighted by Gasteiger charge is 2.22. The zero-order valence-electron chi connectivity index (χ0n) is 14.4. The maximum absolute atomic E-state index is 13.1. The maximum Gasteiger partial charge on any atom is 0.235 e. The minimum Gasteiger partial charge on any atom is -0.265 e. The van der Waals surface area contributed by atoms with Gasteiger partial charge in [-0.1, -0.05) is 32.1 Å². The first-order valence-electron chi connectivity index (χ1n) is 7.86. The average Bonchev–Trinajstić information content (AvgIpc) is 3.20. The highest BCUT2D eigenvalue weighted by Crippen LogP contribution is 2.31. The molecule has 1 aromatic carbocycles. The molecule has 0 aliphatic rings. The summed E-state index contributed by atoms with van der Waals surface area (Å²) >= 11 is 1.45. The van der Waals surface area contributed by atoms with Gasteiger partial charge >= 0.3 is 0 Å². The largest absolute Gasteiger partial charge is 0.265 e. The third-order valence-electron chi connectivity index (χ3n) is 3.96. The monoisotopic (exact) mass is 356 g/mol. The summed E-state index contributed by atoms with van der Waals surface area (Å²) in [6.07, 6.45) is 0. The molecule has 0 fully saturated rings. The topological polar surface area (TPSA) is 60.9 Å². The molecule has 0 aliphatic heterocycles. The van der Waals surface area contributed by atoms with Crippen molar-refractivity contribution in [2.45, 2.75) is 26.2 Å². The lowest BCUT2D eigenvalue weighted by atomic mass is 9.92. The van der Waals surface area contributed by atoms with Crippen LogP contribution in [0.4, 0.5) is 4.39 Å². The second-order valence-corrected chi connectivity index (χ2v) is 7.88. The second kappa shape index (κ2) is 5.45. The van der Waals surface area contributed by atoms with E-state index in [1.165, 1.54) is 23.5 Å². The maximum atomic E-state index is 13.1. The molecule has 0 N–H and O–H groups in total. The van der Waals surface area contributed by atoms with Gasteiger partial charge in [0.15, 0.2) is 10.8 Å². The lowest BCUT2D eigenvalue weighted by Crippen LogP contribution is -2.12. The molecule has 0 spiro atoms. The van der Waals surface area contributed by atoms with Crippen molar-refractivity contribution >= 4 is 16.3 Å². The highest BCUT2D eigenvalue weighted by molar-refractivity contribution is 7.19. The zero-order chi connectivity index (χ0) is 17.8. The Labute approximate surface area is 147 Å². The summed E-state index contributed by atoms with van der Waals surface area (Å²) in [5.41, 5.74) is 2.68. The molecule has 25 heavy (non-hydrogen) atoms. The van der Waals surface area contributed by atoms with Crippen LogP contribution in [0.15, 0.2) is 30.3 Å². The van der Waals surface area contributed by atoms with Crippen molar-refractivity contribution in [3.63, 3.8) is 0 Å². The van der Waals surface area contributed by atoms with Gasteiger partial charge in [0.25, 0.3) is 0 Å². The van der Waals surface area contributed by atoms with Crippen LogP contribution in [-0.4, -0.2) is 29.6 Å². The van der Waals surface area contributed by atoms with E-state index in [0.717, 1.165) is 22.0 Å². The summed E-state index contributed by atoms with van der Waals surface area (Å²) in [6.45, 7) is 6.39. The van der Waals surface area contributed by atoms with Crippen molar-refractivity contribution in [1.29, 1.82) is 0 Å². The Hall–Kier alpha value is -2.61. The van der Waals surface area contributed by atoms with E-state index in [4.69, 9.17) is 0 Å². The van der Waals surface area contributed by atoms with Crippen LogP contribution < -0.4 is 0 Å². The first-order chi connectivity index (χ1) is 11.8. The Kier molecular flexibility index (Phi) is 3.47. The molecule has 0 unspecified atom stereocenters. The van der Waals surface area contributed by atoms with Crippen LogP contribution in [0.5, 0.6) is 0 Å². The molecule has 0 radical (unpaired) electrons. The number of aryl methyl sites for hydroxylation is 1. The molecule has 0 aliphatic carbocycles. The number of halogens is 1. The van der Waals surface area contributed by atoms with Gasteiger partial charge in [-0.2, -0.15) is 14.7 Å². The summed E-state index contributed by atoms with van der Waals surface area (Å²) in [4.78, 5) is 0.688. The second-order valence-electron chi connectivity index (χ2n) is 6.92. The number of hydrogen-bond acceptors (Lipinski definition) is 5. The molecular formula is C17H17FN6S. The molecule has 4 rings (SSSR count). The third kappa shape index (κ3) is 2.72. The van der Waals surface area contributed by atoms with Gasteiger partial charge < -0.3 is 0 Å². The molecule has 0 saturated carbocycles. The van der Waals surface area contributed by atoms with Gasteiger partial charge in [0.1, 0.15) is 5.82 Å². The minimum absolute atomic E-state index is 0.0335. The highest BCUT2D eigenvalue weighted by atomic mass is 32.1. The van der Waals surface area contributed by atoms with Crippen LogP contribution in [0.25, 0.3) is 27.1 Å². The van der Waals surface area contributed by atoms with Gasteiger partial charge in [0.05, 0.1) is 11.4 Å². The predicted octanol–water partition coefficient (Wildman–Crippen LogP) is 3.69. The minimum atomic E-state index is -0.284. The number of hydrogen-bond donors (Lipinski definition) is 0. The Morgan fingerprint density at radius 1 is 1.04 bits per heavy atom. The smallest absolute Gasteiger partial charge is 0.235 e. The predicted molar refractivity (Wildman–Crippen MR) is 95.0 cm³/mol. The fourth-order valence-electron chi connectivity index (χ4n) is 2.53. The molecule has 3 heterocycles. The van der Waals surface area contributed by atoms with E-state index in [0.29, 0.717) is 10.8 Å². The molecule has 0 amide bonds. The SMILES string of the molecule is Cn1nc(C(C)(C)C)cc1-c1nn2c(-c3ccc(F)cc3)nnc2s1. The van der Waals surface area contributed by atoms with Crippen molar-refractivity contribution in [1.82, 2.24) is 29.6 Å². The third-order valence-corrected chi connectivity index (χ3v) is 4.88. The van der Waals surface area contributed by atoms with Crippen LogP contribution in [0.2, 0.25) is 0 Å². The van der Waals surface area contributed by atoms with Crippen molar-refractivity contribution < 1.29 is 4.39 Å². The van der Waals surface area contributed by atoms with Gasteiger partial charge in [-0.15, -0.1) is 10.2 Å². The summed E-state index contributed by atoms with van der Waals surface area (Å²) in [5.74, 6) is 0.309. The number of nitrogens with zero attached hydrogens (tertiary/aromatic N) is 6. The van der Waals surface area contributed by atoms with Crippen molar-refractivity contribution in [2.75, 3.05) is 0 Å². The van der Waals surface area contributed by atoms with E-state index in [9.17, 15) is 4.39 Å².